The Morgan fingerprint density at radius 1 is 0.372 bits per heavy atom. The minimum absolute atomic E-state index is 0.0394. The predicted octanol–water partition coefficient (Wildman–Crippen LogP) is 8.46. The Bertz CT molecular complexity index is 1680. The standard InChI is InChI=1S/C21H21S.C14H14NO4S2/c1-16-4-10-19(11-5-16)22(20-12-6-17(2)7-13-20)21-14-8-18(3)9-15-21;1-11-3-7-13(8-4-11)20(16,17)15-21(18,19)14-9-5-12(2)6-10-14/h4-15H,1-3H3;3-10H,1-2H3/q+1;-1. The molecule has 0 aromatic heterocycles. The van der Waals surface area contributed by atoms with E-state index in [0.717, 1.165) is 11.1 Å². The van der Waals surface area contributed by atoms with Gasteiger partial charge in [0.25, 0.3) is 0 Å². The highest BCUT2D eigenvalue weighted by Crippen LogP contribution is 2.32. The van der Waals surface area contributed by atoms with E-state index in [2.05, 4.69) is 97.7 Å². The largest absolute Gasteiger partial charge is 0.428 e. The van der Waals surface area contributed by atoms with Gasteiger partial charge in [-0.1, -0.05) is 88.5 Å². The number of benzene rings is 5. The number of rotatable bonds is 7. The van der Waals surface area contributed by atoms with E-state index in [1.807, 2.05) is 0 Å². The maximum Gasteiger partial charge on any atom is 0.166 e. The quantitative estimate of drug-likeness (QED) is 0.169. The minimum atomic E-state index is -4.26. The molecule has 0 spiro atoms. The number of sulfonamides is 2. The van der Waals surface area contributed by atoms with Crippen LogP contribution in [0.25, 0.3) is 4.13 Å². The predicted molar refractivity (Wildman–Crippen MR) is 176 cm³/mol. The zero-order valence-corrected chi connectivity index (χ0v) is 27.3. The van der Waals surface area contributed by atoms with Gasteiger partial charge in [-0.05, 0) is 95.3 Å². The number of hydrogen-bond donors (Lipinski definition) is 0. The third-order valence-electron chi connectivity index (χ3n) is 6.60. The maximum atomic E-state index is 12.1. The summed E-state index contributed by atoms with van der Waals surface area (Å²) in [7, 11) is -8.55. The Morgan fingerprint density at radius 2 is 0.581 bits per heavy atom. The normalized spacial score (nSPS) is 11.6. The molecule has 0 N–H and O–H groups in total. The Labute approximate surface area is 259 Å². The smallest absolute Gasteiger partial charge is 0.166 e. The van der Waals surface area contributed by atoms with Crippen LogP contribution in [-0.4, -0.2) is 16.8 Å². The van der Waals surface area contributed by atoms with Crippen LogP contribution >= 0.6 is 0 Å². The van der Waals surface area contributed by atoms with Gasteiger partial charge in [0, 0.05) is 9.79 Å². The minimum Gasteiger partial charge on any atom is -0.428 e. The van der Waals surface area contributed by atoms with Gasteiger partial charge in [0.05, 0.1) is 10.9 Å². The molecule has 0 heterocycles. The van der Waals surface area contributed by atoms with Gasteiger partial charge < -0.3 is 4.13 Å². The third kappa shape index (κ3) is 8.67. The van der Waals surface area contributed by atoms with Crippen molar-refractivity contribution in [3.63, 3.8) is 0 Å². The Hall–Kier alpha value is -3.69. The molecule has 43 heavy (non-hydrogen) atoms. The highest BCUT2D eigenvalue weighted by molar-refractivity contribution is 8.12. The van der Waals surface area contributed by atoms with Crippen molar-refractivity contribution in [2.45, 2.75) is 59.1 Å². The second-order valence-corrected chi connectivity index (χ2v) is 15.9. The van der Waals surface area contributed by atoms with Crippen molar-refractivity contribution in [1.29, 1.82) is 0 Å². The lowest BCUT2D eigenvalue weighted by atomic mass is 10.2. The van der Waals surface area contributed by atoms with Crippen LogP contribution in [0.1, 0.15) is 27.8 Å². The van der Waals surface area contributed by atoms with Crippen molar-refractivity contribution in [2.24, 2.45) is 0 Å². The van der Waals surface area contributed by atoms with Gasteiger partial charge in [-0.3, -0.25) is 0 Å². The number of aryl methyl sites for hydroxylation is 5. The molecule has 5 rings (SSSR count). The van der Waals surface area contributed by atoms with Crippen LogP contribution in [0.5, 0.6) is 0 Å². The van der Waals surface area contributed by atoms with Crippen LogP contribution in [0, 0.1) is 34.6 Å². The molecule has 0 aliphatic rings. The Balaban J connectivity index is 0.000000197. The van der Waals surface area contributed by atoms with E-state index < -0.39 is 20.0 Å². The van der Waals surface area contributed by atoms with Crippen molar-refractivity contribution in [3.8, 4) is 0 Å². The molecule has 0 saturated heterocycles. The molecule has 0 fully saturated rings. The van der Waals surface area contributed by atoms with E-state index in [1.165, 1.54) is 55.6 Å². The molecule has 0 radical (unpaired) electrons. The summed E-state index contributed by atoms with van der Waals surface area (Å²) >= 11 is 0. The molecule has 0 aliphatic carbocycles. The molecule has 8 heteroatoms. The van der Waals surface area contributed by atoms with E-state index in [0.29, 0.717) is 0 Å². The van der Waals surface area contributed by atoms with Crippen LogP contribution in [0.15, 0.2) is 146 Å². The molecule has 0 aliphatic heterocycles. The fourth-order valence-electron chi connectivity index (χ4n) is 4.07. The second kappa shape index (κ2) is 13.7. The molecule has 5 aromatic rings. The van der Waals surface area contributed by atoms with Gasteiger partial charge in [0.15, 0.2) is 14.7 Å². The summed E-state index contributed by atoms with van der Waals surface area (Å²) in [4.78, 5) is 3.82. The number of nitrogens with zero attached hydrogens (tertiary/aromatic N) is 1. The first-order chi connectivity index (χ1) is 20.3. The highest BCUT2D eigenvalue weighted by Gasteiger charge is 2.28. The highest BCUT2D eigenvalue weighted by atomic mass is 32.3. The zero-order valence-electron chi connectivity index (χ0n) is 24.9. The summed E-state index contributed by atoms with van der Waals surface area (Å²) < 4.78 is 51.3. The van der Waals surface area contributed by atoms with Crippen LogP contribution < -0.4 is 0 Å². The van der Waals surface area contributed by atoms with Crippen LogP contribution in [0.4, 0.5) is 0 Å². The number of hydrogen-bond acceptors (Lipinski definition) is 4. The van der Waals surface area contributed by atoms with Gasteiger partial charge in [-0.2, -0.15) is 0 Å². The topological polar surface area (TPSA) is 82.4 Å². The van der Waals surface area contributed by atoms with Gasteiger partial charge >= 0.3 is 0 Å². The van der Waals surface area contributed by atoms with Crippen LogP contribution in [-0.2, 0) is 30.9 Å². The molecular formula is C35H35NO4S3. The molecule has 0 unspecified atom stereocenters. The van der Waals surface area contributed by atoms with E-state index >= 15 is 0 Å². The van der Waals surface area contributed by atoms with Crippen molar-refractivity contribution in [1.82, 2.24) is 0 Å². The molecular weight excluding hydrogens is 595 g/mol. The van der Waals surface area contributed by atoms with Gasteiger partial charge in [0.1, 0.15) is 20.0 Å². The molecule has 5 aromatic carbocycles. The van der Waals surface area contributed by atoms with Crippen LogP contribution in [0.2, 0.25) is 0 Å². The van der Waals surface area contributed by atoms with Gasteiger partial charge in [0.2, 0.25) is 0 Å². The van der Waals surface area contributed by atoms with E-state index in [1.54, 1.807) is 38.1 Å². The lowest BCUT2D eigenvalue weighted by Crippen LogP contribution is -2.08. The molecule has 0 saturated carbocycles. The first-order valence-electron chi connectivity index (χ1n) is 13.7. The van der Waals surface area contributed by atoms with E-state index in [9.17, 15) is 16.8 Å². The lowest BCUT2D eigenvalue weighted by molar-refractivity contribution is 0.595. The fourth-order valence-corrected chi connectivity index (χ4v) is 8.79. The average Bonchev–Trinajstić information content (AvgIpc) is 2.96. The Morgan fingerprint density at radius 3 is 0.814 bits per heavy atom. The molecule has 222 valence electrons. The summed E-state index contributed by atoms with van der Waals surface area (Å²) in [5, 5.41) is 0. The lowest BCUT2D eigenvalue weighted by Gasteiger charge is -2.21. The fraction of sp³-hybridized carbons (Fsp3) is 0.143. The van der Waals surface area contributed by atoms with Crippen molar-refractivity contribution in [2.75, 3.05) is 0 Å². The maximum absolute atomic E-state index is 12.1. The first kappa shape index (κ1) is 32.2. The van der Waals surface area contributed by atoms with Crippen molar-refractivity contribution < 1.29 is 16.8 Å². The summed E-state index contributed by atoms with van der Waals surface area (Å²) in [5.41, 5.74) is 5.66. The van der Waals surface area contributed by atoms with Crippen molar-refractivity contribution in [3.05, 3.63) is 153 Å². The second-order valence-electron chi connectivity index (χ2n) is 10.4. The third-order valence-corrected chi connectivity index (χ3v) is 12.1. The van der Waals surface area contributed by atoms with Crippen LogP contribution in [0.3, 0.4) is 0 Å². The van der Waals surface area contributed by atoms with E-state index in [4.69, 9.17) is 0 Å². The van der Waals surface area contributed by atoms with Gasteiger partial charge in [-0.25, -0.2) is 16.8 Å². The summed E-state index contributed by atoms with van der Waals surface area (Å²) in [6, 6.07) is 38.5. The first-order valence-corrected chi connectivity index (χ1v) is 17.8. The zero-order chi connectivity index (χ0) is 31.2. The molecule has 0 amide bonds. The monoisotopic (exact) mass is 629 g/mol. The summed E-state index contributed by atoms with van der Waals surface area (Å²) in [6.45, 7) is 10.0. The molecule has 0 bridgehead atoms. The van der Waals surface area contributed by atoms with Gasteiger partial charge in [-0.15, -0.1) is 0 Å². The summed E-state index contributed by atoms with van der Waals surface area (Å²) in [6.07, 6.45) is 0. The summed E-state index contributed by atoms with van der Waals surface area (Å²) in [5.74, 6) is 0. The van der Waals surface area contributed by atoms with E-state index in [-0.39, 0.29) is 20.7 Å². The Kier molecular flexibility index (Phi) is 10.3. The average molecular weight is 630 g/mol. The van der Waals surface area contributed by atoms with Crippen molar-refractivity contribution >= 4 is 30.9 Å². The SMILES string of the molecule is Cc1ccc(S(=O)(=O)[N-]S(=O)(=O)c2ccc(C)cc2)cc1.Cc1ccc([S+](c2ccc(C)cc2)c2ccc(C)cc2)cc1. The molecule has 5 nitrogen and oxygen atoms in total. The molecule has 0 atom stereocenters.